The van der Waals surface area contributed by atoms with Gasteiger partial charge in [-0.25, -0.2) is 0 Å². The zero-order valence-electron chi connectivity index (χ0n) is 8.92. The van der Waals surface area contributed by atoms with Gasteiger partial charge >= 0.3 is 0 Å². The van der Waals surface area contributed by atoms with Crippen molar-refractivity contribution in [3.63, 3.8) is 0 Å². The summed E-state index contributed by atoms with van der Waals surface area (Å²) in [4.78, 5) is 22.6. The number of amides is 2. The Morgan fingerprint density at radius 3 is 2.79 bits per heavy atom. The van der Waals surface area contributed by atoms with E-state index in [1.165, 1.54) is 0 Å². The maximum atomic E-state index is 11.4. The van der Waals surface area contributed by atoms with Crippen LogP contribution in [0.5, 0.6) is 0 Å². The molecule has 1 saturated heterocycles. The van der Waals surface area contributed by atoms with Gasteiger partial charge in [0.2, 0.25) is 11.8 Å². The molecule has 0 aromatic rings. The number of carbonyl (C=O) groups is 2. The van der Waals surface area contributed by atoms with E-state index in [2.05, 4.69) is 5.32 Å². The first kappa shape index (κ1) is 11.2. The van der Waals surface area contributed by atoms with E-state index in [4.69, 9.17) is 4.74 Å². The van der Waals surface area contributed by atoms with E-state index in [0.717, 1.165) is 0 Å². The van der Waals surface area contributed by atoms with Crippen molar-refractivity contribution in [1.82, 2.24) is 5.32 Å². The second kappa shape index (κ2) is 4.09. The van der Waals surface area contributed by atoms with E-state index in [0.29, 0.717) is 19.6 Å². The minimum atomic E-state index is -0.352. The van der Waals surface area contributed by atoms with E-state index in [1.54, 1.807) is 0 Å². The predicted octanol–water partition coefficient (Wildman–Crippen LogP) is 0.712. The molecule has 1 aliphatic rings. The molecule has 0 spiro atoms. The number of rotatable bonds is 3. The summed E-state index contributed by atoms with van der Waals surface area (Å²) >= 11 is 0. The minimum Gasteiger partial charge on any atom is -0.381 e. The van der Waals surface area contributed by atoms with Crippen molar-refractivity contribution in [2.24, 2.45) is 11.3 Å². The van der Waals surface area contributed by atoms with Gasteiger partial charge in [-0.15, -0.1) is 0 Å². The lowest BCUT2D eigenvalue weighted by molar-refractivity contribution is -0.145. The smallest absolute Gasteiger partial charge is 0.230 e. The Labute approximate surface area is 84.0 Å². The van der Waals surface area contributed by atoms with Gasteiger partial charge in [-0.05, 0) is 6.92 Å². The topological polar surface area (TPSA) is 55.4 Å². The number of hydrogen-bond donors (Lipinski definition) is 1. The third-order valence-corrected chi connectivity index (χ3v) is 2.90. The van der Waals surface area contributed by atoms with Crippen molar-refractivity contribution >= 4 is 11.8 Å². The van der Waals surface area contributed by atoms with Gasteiger partial charge in [-0.2, -0.15) is 0 Å². The molecule has 0 bridgehead atoms. The van der Waals surface area contributed by atoms with Gasteiger partial charge in [-0.1, -0.05) is 13.8 Å². The van der Waals surface area contributed by atoms with Crippen LogP contribution in [0.4, 0.5) is 0 Å². The lowest BCUT2D eigenvalue weighted by Gasteiger charge is -2.37. The third kappa shape index (κ3) is 2.12. The molecule has 1 heterocycles. The fourth-order valence-electron chi connectivity index (χ4n) is 1.64. The van der Waals surface area contributed by atoms with Gasteiger partial charge in [-0.3, -0.25) is 14.9 Å². The van der Waals surface area contributed by atoms with E-state index in [9.17, 15) is 9.59 Å². The molecule has 1 N–H and O–H groups in total. The van der Waals surface area contributed by atoms with Crippen LogP contribution in [0.15, 0.2) is 0 Å². The molecular formula is C10H17NO3. The first-order valence-corrected chi connectivity index (χ1v) is 4.91. The molecule has 2 unspecified atom stereocenters. The molecule has 14 heavy (non-hydrogen) atoms. The highest BCUT2D eigenvalue weighted by Gasteiger charge is 2.42. The van der Waals surface area contributed by atoms with Crippen LogP contribution < -0.4 is 5.32 Å². The van der Waals surface area contributed by atoms with E-state index in [1.807, 2.05) is 20.8 Å². The van der Waals surface area contributed by atoms with Crippen molar-refractivity contribution in [3.8, 4) is 0 Å². The Hall–Kier alpha value is -0.900. The summed E-state index contributed by atoms with van der Waals surface area (Å²) in [5.74, 6) is -0.564. The highest BCUT2D eigenvalue weighted by Crippen LogP contribution is 2.34. The van der Waals surface area contributed by atoms with Gasteiger partial charge in [0.05, 0.1) is 6.61 Å². The largest absolute Gasteiger partial charge is 0.381 e. The van der Waals surface area contributed by atoms with Gasteiger partial charge < -0.3 is 4.74 Å². The third-order valence-electron chi connectivity index (χ3n) is 2.90. The van der Waals surface area contributed by atoms with Gasteiger partial charge in [0.25, 0.3) is 0 Å². The monoisotopic (exact) mass is 199 g/mol. The number of hydrogen-bond acceptors (Lipinski definition) is 3. The normalized spacial score (nSPS) is 32.9. The average Bonchev–Trinajstić information content (AvgIpc) is 2.11. The van der Waals surface area contributed by atoms with Gasteiger partial charge in [0.15, 0.2) is 0 Å². The van der Waals surface area contributed by atoms with Crippen LogP contribution in [0, 0.1) is 11.3 Å². The molecule has 1 rings (SSSR count). The lowest BCUT2D eigenvalue weighted by atomic mass is 9.73. The standard InChI is InChI=1S/C10H17NO3/c1-4-14-6-10(3)5-8(12)11-9(13)7(10)2/h7H,4-6H2,1-3H3,(H,11,12,13). The summed E-state index contributed by atoms with van der Waals surface area (Å²) in [6.45, 7) is 6.73. The second-order valence-corrected chi connectivity index (χ2v) is 4.10. The molecule has 1 fully saturated rings. The molecule has 2 atom stereocenters. The lowest BCUT2D eigenvalue weighted by Crippen LogP contribution is -2.51. The Morgan fingerprint density at radius 2 is 2.21 bits per heavy atom. The molecule has 1 aliphatic heterocycles. The fraction of sp³-hybridized carbons (Fsp3) is 0.800. The summed E-state index contributed by atoms with van der Waals surface area (Å²) < 4.78 is 5.31. The predicted molar refractivity (Wildman–Crippen MR) is 51.5 cm³/mol. The molecule has 2 amide bonds. The number of ether oxygens (including phenoxy) is 1. The summed E-state index contributed by atoms with van der Waals surface area (Å²) in [5, 5.41) is 2.33. The van der Waals surface area contributed by atoms with Crippen LogP contribution >= 0.6 is 0 Å². The maximum absolute atomic E-state index is 11.4. The highest BCUT2D eigenvalue weighted by atomic mass is 16.5. The van der Waals surface area contributed by atoms with Crippen LogP contribution in [0.25, 0.3) is 0 Å². The number of carbonyl (C=O) groups excluding carboxylic acids is 2. The quantitative estimate of drug-likeness (QED) is 0.681. The molecule has 0 aliphatic carbocycles. The van der Waals surface area contributed by atoms with Crippen molar-refractivity contribution in [1.29, 1.82) is 0 Å². The van der Waals surface area contributed by atoms with Crippen LogP contribution in [-0.4, -0.2) is 25.0 Å². The number of piperidine rings is 1. The molecule has 0 aromatic heterocycles. The molecule has 4 nitrogen and oxygen atoms in total. The molecular weight excluding hydrogens is 182 g/mol. The van der Waals surface area contributed by atoms with Gasteiger partial charge in [0, 0.05) is 24.4 Å². The summed E-state index contributed by atoms with van der Waals surface area (Å²) in [6, 6.07) is 0. The van der Waals surface area contributed by atoms with Gasteiger partial charge in [0.1, 0.15) is 0 Å². The van der Waals surface area contributed by atoms with Crippen LogP contribution in [0.3, 0.4) is 0 Å². The Balaban J connectivity index is 2.72. The SMILES string of the molecule is CCOCC1(C)CC(=O)NC(=O)C1C. The molecule has 80 valence electrons. The first-order valence-electron chi connectivity index (χ1n) is 4.91. The second-order valence-electron chi connectivity index (χ2n) is 4.10. The molecule has 0 aromatic carbocycles. The van der Waals surface area contributed by atoms with E-state index in [-0.39, 0.29) is 23.1 Å². The summed E-state index contributed by atoms with van der Waals surface area (Å²) in [7, 11) is 0. The highest BCUT2D eigenvalue weighted by molar-refractivity contribution is 5.99. The molecule has 0 saturated carbocycles. The zero-order chi connectivity index (χ0) is 10.8. The first-order chi connectivity index (χ1) is 6.49. The van der Waals surface area contributed by atoms with Crippen LogP contribution in [0.2, 0.25) is 0 Å². The van der Waals surface area contributed by atoms with E-state index < -0.39 is 0 Å². The van der Waals surface area contributed by atoms with E-state index >= 15 is 0 Å². The minimum absolute atomic E-state index is 0.174. The Kier molecular flexibility index (Phi) is 3.26. The summed E-state index contributed by atoms with van der Waals surface area (Å²) in [5.41, 5.74) is -0.352. The number of imide groups is 1. The summed E-state index contributed by atoms with van der Waals surface area (Å²) in [6.07, 6.45) is 0.361. The van der Waals surface area contributed by atoms with Crippen molar-refractivity contribution < 1.29 is 14.3 Å². The van der Waals surface area contributed by atoms with Crippen molar-refractivity contribution in [2.75, 3.05) is 13.2 Å². The van der Waals surface area contributed by atoms with Crippen LogP contribution in [-0.2, 0) is 14.3 Å². The zero-order valence-corrected chi connectivity index (χ0v) is 8.92. The Bertz CT molecular complexity index is 252. The van der Waals surface area contributed by atoms with Crippen LogP contribution in [0.1, 0.15) is 27.2 Å². The Morgan fingerprint density at radius 1 is 1.57 bits per heavy atom. The van der Waals surface area contributed by atoms with Crippen molar-refractivity contribution in [2.45, 2.75) is 27.2 Å². The average molecular weight is 199 g/mol. The molecule has 4 heteroatoms. The maximum Gasteiger partial charge on any atom is 0.230 e. The van der Waals surface area contributed by atoms with Crippen molar-refractivity contribution in [3.05, 3.63) is 0 Å². The molecule has 0 radical (unpaired) electrons. The fourth-order valence-corrected chi connectivity index (χ4v) is 1.64. The number of nitrogens with one attached hydrogen (secondary N) is 1.